The number of amides is 1. The summed E-state index contributed by atoms with van der Waals surface area (Å²) >= 11 is 0. The fourth-order valence-electron chi connectivity index (χ4n) is 1.92. The van der Waals surface area contributed by atoms with Gasteiger partial charge in [0, 0.05) is 12.8 Å². The van der Waals surface area contributed by atoms with Crippen molar-refractivity contribution < 1.29 is 9.90 Å². The molecule has 0 spiro atoms. The van der Waals surface area contributed by atoms with Crippen molar-refractivity contribution in [1.29, 1.82) is 0 Å². The normalized spacial score (nSPS) is 14.8. The molecule has 0 bridgehead atoms. The topological polar surface area (TPSA) is 49.3 Å². The summed E-state index contributed by atoms with van der Waals surface area (Å²) in [4.78, 5) is 11.8. The molecule has 2 atom stereocenters. The van der Waals surface area contributed by atoms with E-state index in [-0.39, 0.29) is 17.4 Å². The van der Waals surface area contributed by atoms with E-state index in [0.29, 0.717) is 12.8 Å². The molecule has 0 aliphatic heterocycles. The van der Waals surface area contributed by atoms with Crippen LogP contribution in [-0.2, 0) is 11.2 Å². The van der Waals surface area contributed by atoms with Crippen molar-refractivity contribution in [3.63, 3.8) is 0 Å². The number of hydrogen-bond acceptors (Lipinski definition) is 2. The monoisotopic (exact) mass is 263 g/mol. The van der Waals surface area contributed by atoms with Gasteiger partial charge in [0.05, 0.1) is 12.1 Å². The van der Waals surface area contributed by atoms with Gasteiger partial charge in [0.25, 0.3) is 0 Å². The minimum atomic E-state index is -0.564. The van der Waals surface area contributed by atoms with E-state index in [9.17, 15) is 9.90 Å². The van der Waals surface area contributed by atoms with Crippen molar-refractivity contribution in [2.45, 2.75) is 52.7 Å². The van der Waals surface area contributed by atoms with E-state index >= 15 is 0 Å². The molecule has 1 aromatic rings. The van der Waals surface area contributed by atoms with Crippen LogP contribution >= 0.6 is 0 Å². The third kappa shape index (κ3) is 6.39. The quantitative estimate of drug-likeness (QED) is 0.857. The fourth-order valence-corrected chi connectivity index (χ4v) is 1.92. The molecule has 0 heterocycles. The first kappa shape index (κ1) is 15.7. The van der Waals surface area contributed by atoms with Gasteiger partial charge in [-0.25, -0.2) is 0 Å². The van der Waals surface area contributed by atoms with Gasteiger partial charge in [-0.3, -0.25) is 4.79 Å². The number of nitrogens with one attached hydrogen (secondary N) is 1. The van der Waals surface area contributed by atoms with Crippen molar-refractivity contribution in [2.75, 3.05) is 0 Å². The average molecular weight is 263 g/mol. The van der Waals surface area contributed by atoms with Crippen molar-refractivity contribution in [3.05, 3.63) is 35.9 Å². The van der Waals surface area contributed by atoms with Gasteiger partial charge in [0.1, 0.15) is 0 Å². The highest BCUT2D eigenvalue weighted by molar-refractivity contribution is 5.76. The highest BCUT2D eigenvalue weighted by Crippen LogP contribution is 2.18. The summed E-state index contributed by atoms with van der Waals surface area (Å²) in [6.45, 7) is 7.92. The second-order valence-corrected chi connectivity index (χ2v) is 6.35. The predicted molar refractivity (Wildman–Crippen MR) is 77.8 cm³/mol. The summed E-state index contributed by atoms with van der Waals surface area (Å²) in [5.41, 5.74) is 1.04. The maximum Gasteiger partial charge on any atom is 0.220 e. The summed E-state index contributed by atoms with van der Waals surface area (Å²) in [5.74, 6) is -0.00730. The zero-order valence-electron chi connectivity index (χ0n) is 12.3. The van der Waals surface area contributed by atoms with Crippen LogP contribution in [0.5, 0.6) is 0 Å². The molecule has 2 N–H and O–H groups in total. The van der Waals surface area contributed by atoms with Crippen LogP contribution in [0.15, 0.2) is 30.3 Å². The summed E-state index contributed by atoms with van der Waals surface area (Å²) in [6, 6.07) is 9.56. The predicted octanol–water partition coefficient (Wildman–Crippen LogP) is 2.53. The molecule has 19 heavy (non-hydrogen) atoms. The van der Waals surface area contributed by atoms with Crippen molar-refractivity contribution >= 4 is 5.91 Å². The second kappa shape index (κ2) is 6.71. The number of hydrogen-bond donors (Lipinski definition) is 2. The van der Waals surface area contributed by atoms with E-state index in [0.717, 1.165) is 5.56 Å². The summed E-state index contributed by atoms with van der Waals surface area (Å²) < 4.78 is 0. The Kier molecular flexibility index (Phi) is 5.55. The van der Waals surface area contributed by atoms with Crippen molar-refractivity contribution in [1.82, 2.24) is 5.32 Å². The van der Waals surface area contributed by atoms with Gasteiger partial charge in [0.15, 0.2) is 0 Å². The lowest BCUT2D eigenvalue weighted by Gasteiger charge is -2.23. The molecule has 0 aromatic heterocycles. The average Bonchev–Trinajstić information content (AvgIpc) is 2.27. The van der Waals surface area contributed by atoms with Gasteiger partial charge in [-0.2, -0.15) is 0 Å². The van der Waals surface area contributed by atoms with Crippen LogP contribution in [0.4, 0.5) is 0 Å². The molecule has 0 saturated carbocycles. The van der Waals surface area contributed by atoms with Crippen LogP contribution in [0, 0.1) is 5.41 Å². The second-order valence-electron chi connectivity index (χ2n) is 6.35. The SMILES string of the molecule is CC(NC(=O)CC(C)(C)C)C(O)Cc1ccccc1. The van der Waals surface area contributed by atoms with Crippen LogP contribution in [-0.4, -0.2) is 23.2 Å². The Bertz CT molecular complexity index is 395. The lowest BCUT2D eigenvalue weighted by Crippen LogP contribution is -2.43. The van der Waals surface area contributed by atoms with Crippen LogP contribution in [0.25, 0.3) is 0 Å². The maximum absolute atomic E-state index is 11.8. The lowest BCUT2D eigenvalue weighted by molar-refractivity contribution is -0.124. The van der Waals surface area contributed by atoms with Gasteiger partial charge < -0.3 is 10.4 Å². The Morgan fingerprint density at radius 3 is 2.37 bits per heavy atom. The highest BCUT2D eigenvalue weighted by Gasteiger charge is 2.20. The molecule has 1 aromatic carbocycles. The molecule has 2 unspecified atom stereocenters. The van der Waals surface area contributed by atoms with E-state index < -0.39 is 6.10 Å². The lowest BCUT2D eigenvalue weighted by atomic mass is 9.91. The molecular weight excluding hydrogens is 238 g/mol. The van der Waals surface area contributed by atoms with Crippen molar-refractivity contribution in [3.8, 4) is 0 Å². The van der Waals surface area contributed by atoms with Gasteiger partial charge >= 0.3 is 0 Å². The maximum atomic E-state index is 11.8. The first-order valence-corrected chi connectivity index (χ1v) is 6.79. The van der Waals surface area contributed by atoms with Crippen LogP contribution in [0.2, 0.25) is 0 Å². The molecule has 0 saturated heterocycles. The number of carbonyl (C=O) groups excluding carboxylic acids is 1. The molecular formula is C16H25NO2. The van der Waals surface area contributed by atoms with E-state index in [1.807, 2.05) is 58.0 Å². The summed E-state index contributed by atoms with van der Waals surface area (Å²) in [7, 11) is 0. The summed E-state index contributed by atoms with van der Waals surface area (Å²) in [5, 5.41) is 13.0. The van der Waals surface area contributed by atoms with Crippen LogP contribution in [0.3, 0.4) is 0 Å². The van der Waals surface area contributed by atoms with Crippen LogP contribution < -0.4 is 5.32 Å². The minimum absolute atomic E-state index is 0.00730. The van der Waals surface area contributed by atoms with E-state index in [4.69, 9.17) is 0 Å². The van der Waals surface area contributed by atoms with Gasteiger partial charge in [0.2, 0.25) is 5.91 Å². The number of rotatable bonds is 5. The van der Waals surface area contributed by atoms with Gasteiger partial charge in [-0.15, -0.1) is 0 Å². The number of carbonyl (C=O) groups is 1. The molecule has 0 fully saturated rings. The Balaban J connectivity index is 2.45. The van der Waals surface area contributed by atoms with Crippen LogP contribution in [0.1, 0.15) is 39.7 Å². The molecule has 0 aliphatic rings. The fraction of sp³-hybridized carbons (Fsp3) is 0.562. The van der Waals surface area contributed by atoms with E-state index in [1.54, 1.807) is 0 Å². The Hall–Kier alpha value is -1.35. The molecule has 0 aliphatic carbocycles. The Morgan fingerprint density at radius 1 is 1.26 bits per heavy atom. The minimum Gasteiger partial charge on any atom is -0.391 e. The number of benzene rings is 1. The zero-order chi connectivity index (χ0) is 14.5. The third-order valence-corrected chi connectivity index (χ3v) is 2.94. The Morgan fingerprint density at radius 2 is 1.84 bits per heavy atom. The van der Waals surface area contributed by atoms with Gasteiger partial charge in [-0.05, 0) is 17.9 Å². The smallest absolute Gasteiger partial charge is 0.220 e. The largest absolute Gasteiger partial charge is 0.391 e. The number of aliphatic hydroxyl groups is 1. The molecule has 3 heteroatoms. The highest BCUT2D eigenvalue weighted by atomic mass is 16.3. The first-order chi connectivity index (χ1) is 8.78. The molecule has 1 rings (SSSR count). The van der Waals surface area contributed by atoms with Gasteiger partial charge in [-0.1, -0.05) is 51.1 Å². The first-order valence-electron chi connectivity index (χ1n) is 6.79. The van der Waals surface area contributed by atoms with E-state index in [2.05, 4.69) is 5.32 Å². The molecule has 1 amide bonds. The molecule has 106 valence electrons. The standard InChI is InChI=1S/C16H25NO2/c1-12(17-15(19)11-16(2,3)4)14(18)10-13-8-6-5-7-9-13/h5-9,12,14,18H,10-11H2,1-4H3,(H,17,19). The van der Waals surface area contributed by atoms with E-state index in [1.165, 1.54) is 0 Å². The Labute approximate surface area is 116 Å². The van der Waals surface area contributed by atoms with Crippen molar-refractivity contribution in [2.24, 2.45) is 5.41 Å². The zero-order valence-corrected chi connectivity index (χ0v) is 12.3. The third-order valence-electron chi connectivity index (χ3n) is 2.94. The number of aliphatic hydroxyl groups excluding tert-OH is 1. The summed E-state index contributed by atoms with van der Waals surface area (Å²) in [6.07, 6.45) is 0.457. The molecule has 3 nitrogen and oxygen atoms in total. The molecule has 0 radical (unpaired) electrons.